The molecule has 166 valence electrons. The van der Waals surface area contributed by atoms with E-state index in [0.29, 0.717) is 40.0 Å². The number of anilines is 1. The van der Waals surface area contributed by atoms with E-state index in [2.05, 4.69) is 15.4 Å². The summed E-state index contributed by atoms with van der Waals surface area (Å²) in [6.07, 6.45) is 6.51. The number of ether oxygens (including phenoxy) is 4. The van der Waals surface area contributed by atoms with Crippen molar-refractivity contribution >= 4 is 11.9 Å². The van der Waals surface area contributed by atoms with Gasteiger partial charge in [0.25, 0.3) is 0 Å². The van der Waals surface area contributed by atoms with E-state index >= 15 is 0 Å². The van der Waals surface area contributed by atoms with E-state index < -0.39 is 6.04 Å². The van der Waals surface area contributed by atoms with Crippen LogP contribution in [0.2, 0.25) is 0 Å². The smallest absolute Gasteiger partial charge is 0.338 e. The van der Waals surface area contributed by atoms with Crippen LogP contribution in [0.25, 0.3) is 0 Å². The minimum absolute atomic E-state index is 0.0633. The molecular weight excluding hydrogens is 400 g/mol. The fourth-order valence-electron chi connectivity index (χ4n) is 4.38. The maximum Gasteiger partial charge on any atom is 0.338 e. The van der Waals surface area contributed by atoms with Crippen LogP contribution in [0.5, 0.6) is 17.2 Å². The molecular formula is C22H28N4O5. The number of allylic oxidation sites excluding steroid dienone is 1. The molecule has 0 radical (unpaired) electrons. The summed E-state index contributed by atoms with van der Waals surface area (Å²) in [7, 11) is 4.67. The van der Waals surface area contributed by atoms with Gasteiger partial charge in [0.05, 0.1) is 26.9 Å². The van der Waals surface area contributed by atoms with Crippen LogP contribution in [-0.4, -0.2) is 48.2 Å². The number of carbonyl (C=O) groups excluding carboxylic acids is 1. The van der Waals surface area contributed by atoms with Crippen LogP contribution >= 0.6 is 0 Å². The zero-order valence-electron chi connectivity index (χ0n) is 18.3. The Morgan fingerprint density at radius 2 is 1.81 bits per heavy atom. The zero-order valence-corrected chi connectivity index (χ0v) is 18.3. The summed E-state index contributed by atoms with van der Waals surface area (Å²) in [5, 5.41) is 7.54. The van der Waals surface area contributed by atoms with Crippen LogP contribution in [0.3, 0.4) is 0 Å². The first-order chi connectivity index (χ1) is 15.1. The highest BCUT2D eigenvalue weighted by atomic mass is 16.5. The van der Waals surface area contributed by atoms with Crippen molar-refractivity contribution in [1.82, 2.24) is 14.8 Å². The quantitative estimate of drug-likeness (QED) is 0.699. The third kappa shape index (κ3) is 3.80. The minimum Gasteiger partial charge on any atom is -0.493 e. The Morgan fingerprint density at radius 3 is 2.48 bits per heavy atom. The van der Waals surface area contributed by atoms with Gasteiger partial charge in [0.2, 0.25) is 11.7 Å². The lowest BCUT2D eigenvalue weighted by Gasteiger charge is -2.31. The molecule has 4 rings (SSSR count). The molecule has 0 unspecified atom stereocenters. The molecule has 1 aromatic carbocycles. The summed E-state index contributed by atoms with van der Waals surface area (Å²) < 4.78 is 24.3. The van der Waals surface area contributed by atoms with Gasteiger partial charge in [-0.3, -0.25) is 0 Å². The SMILES string of the molecule is COc1ccc([C@H]2C(C(=O)OC3CCCCC3)=C(C)Nc3ncnn32)c(OC)c1OC. The van der Waals surface area contributed by atoms with Crippen molar-refractivity contribution in [2.24, 2.45) is 0 Å². The van der Waals surface area contributed by atoms with Crippen LogP contribution < -0.4 is 19.5 Å². The number of benzene rings is 1. The molecule has 1 N–H and O–H groups in total. The fourth-order valence-corrected chi connectivity index (χ4v) is 4.38. The van der Waals surface area contributed by atoms with Gasteiger partial charge in [0.15, 0.2) is 11.5 Å². The summed E-state index contributed by atoms with van der Waals surface area (Å²) >= 11 is 0. The summed E-state index contributed by atoms with van der Waals surface area (Å²) in [6, 6.07) is 3.04. The van der Waals surface area contributed by atoms with E-state index in [4.69, 9.17) is 18.9 Å². The molecule has 1 atom stereocenters. The number of hydrogen-bond acceptors (Lipinski definition) is 8. The van der Waals surface area contributed by atoms with Crippen molar-refractivity contribution in [2.75, 3.05) is 26.6 Å². The molecule has 1 aliphatic heterocycles. The molecule has 31 heavy (non-hydrogen) atoms. The van der Waals surface area contributed by atoms with Crippen LogP contribution in [-0.2, 0) is 9.53 Å². The zero-order chi connectivity index (χ0) is 22.0. The van der Waals surface area contributed by atoms with E-state index in [1.807, 2.05) is 13.0 Å². The fraction of sp³-hybridized carbons (Fsp3) is 0.500. The van der Waals surface area contributed by atoms with Gasteiger partial charge < -0.3 is 24.3 Å². The lowest BCUT2D eigenvalue weighted by atomic mass is 9.93. The van der Waals surface area contributed by atoms with Gasteiger partial charge in [-0.25, -0.2) is 9.48 Å². The van der Waals surface area contributed by atoms with Gasteiger partial charge in [-0.1, -0.05) is 6.42 Å². The van der Waals surface area contributed by atoms with Gasteiger partial charge >= 0.3 is 5.97 Å². The van der Waals surface area contributed by atoms with Gasteiger partial charge in [-0.2, -0.15) is 10.1 Å². The second kappa shape index (κ2) is 8.87. The number of carbonyl (C=O) groups is 1. The number of aromatic nitrogens is 3. The molecule has 9 heteroatoms. The first-order valence-electron chi connectivity index (χ1n) is 10.5. The third-order valence-electron chi connectivity index (χ3n) is 5.87. The number of methoxy groups -OCH3 is 3. The lowest BCUT2D eigenvalue weighted by molar-refractivity contribution is -0.146. The molecule has 0 amide bonds. The second-order valence-corrected chi connectivity index (χ2v) is 7.68. The molecule has 1 fully saturated rings. The Kier molecular flexibility index (Phi) is 6.01. The summed E-state index contributed by atoms with van der Waals surface area (Å²) in [6.45, 7) is 1.84. The number of rotatable bonds is 6. The predicted molar refractivity (Wildman–Crippen MR) is 114 cm³/mol. The Bertz CT molecular complexity index is 994. The lowest BCUT2D eigenvalue weighted by Crippen LogP contribution is -2.32. The third-order valence-corrected chi connectivity index (χ3v) is 5.87. The van der Waals surface area contributed by atoms with Crippen molar-refractivity contribution in [1.29, 1.82) is 0 Å². The molecule has 0 saturated heterocycles. The van der Waals surface area contributed by atoms with Crippen molar-refractivity contribution in [3.8, 4) is 17.2 Å². The Labute approximate surface area is 181 Å². The topological polar surface area (TPSA) is 96.7 Å². The normalized spacial score (nSPS) is 18.8. The van der Waals surface area contributed by atoms with Crippen LogP contribution in [0, 0.1) is 0 Å². The Balaban J connectivity index is 1.81. The molecule has 0 bridgehead atoms. The highest BCUT2D eigenvalue weighted by Crippen LogP contribution is 2.46. The molecule has 1 aliphatic carbocycles. The second-order valence-electron chi connectivity index (χ2n) is 7.68. The first-order valence-corrected chi connectivity index (χ1v) is 10.5. The minimum atomic E-state index is -0.593. The average Bonchev–Trinajstić information content (AvgIpc) is 3.25. The Hall–Kier alpha value is -3.23. The largest absolute Gasteiger partial charge is 0.493 e. The summed E-state index contributed by atoms with van der Waals surface area (Å²) in [4.78, 5) is 17.7. The first kappa shape index (κ1) is 21.0. The van der Waals surface area contributed by atoms with Crippen molar-refractivity contribution < 1.29 is 23.7 Å². The highest BCUT2D eigenvalue weighted by molar-refractivity contribution is 5.93. The van der Waals surface area contributed by atoms with Gasteiger partial charge in [-0.15, -0.1) is 0 Å². The number of nitrogens with zero attached hydrogens (tertiary/aromatic N) is 3. The van der Waals surface area contributed by atoms with E-state index in [0.717, 1.165) is 25.7 Å². The van der Waals surface area contributed by atoms with Gasteiger partial charge in [0, 0.05) is 11.3 Å². The van der Waals surface area contributed by atoms with Gasteiger partial charge in [-0.05, 0) is 44.7 Å². The van der Waals surface area contributed by atoms with Crippen LogP contribution in [0.1, 0.15) is 50.6 Å². The number of fused-ring (bicyclic) bond motifs is 1. The molecule has 2 heterocycles. The summed E-state index contributed by atoms with van der Waals surface area (Å²) in [5.41, 5.74) is 1.83. The molecule has 2 aliphatic rings. The molecule has 1 aromatic heterocycles. The van der Waals surface area contributed by atoms with Crippen LogP contribution in [0.4, 0.5) is 5.95 Å². The van der Waals surface area contributed by atoms with E-state index in [1.165, 1.54) is 12.7 Å². The molecule has 0 spiro atoms. The number of hydrogen-bond donors (Lipinski definition) is 1. The van der Waals surface area contributed by atoms with Crippen molar-refractivity contribution in [2.45, 2.75) is 51.2 Å². The molecule has 1 saturated carbocycles. The van der Waals surface area contributed by atoms with E-state index in [9.17, 15) is 4.79 Å². The van der Waals surface area contributed by atoms with Gasteiger partial charge in [0.1, 0.15) is 18.5 Å². The standard InChI is InChI=1S/C22H28N4O5/c1-13-17(21(27)31-14-8-6-5-7-9-14)18(26-22(25-13)23-12-24-26)15-10-11-16(28-2)20(30-4)19(15)29-3/h10-12,14,18H,5-9H2,1-4H3,(H,23,24,25)/t18-/m0/s1. The number of nitrogens with one attached hydrogen (secondary N) is 1. The van der Waals surface area contributed by atoms with Crippen LogP contribution in [0.15, 0.2) is 29.7 Å². The number of esters is 1. The van der Waals surface area contributed by atoms with Crippen molar-refractivity contribution in [3.63, 3.8) is 0 Å². The van der Waals surface area contributed by atoms with E-state index in [-0.39, 0.29) is 12.1 Å². The highest BCUT2D eigenvalue weighted by Gasteiger charge is 2.38. The monoisotopic (exact) mass is 428 g/mol. The maximum absolute atomic E-state index is 13.4. The summed E-state index contributed by atoms with van der Waals surface area (Å²) in [5.74, 6) is 1.61. The molecule has 9 nitrogen and oxygen atoms in total. The average molecular weight is 428 g/mol. The predicted octanol–water partition coefficient (Wildman–Crippen LogP) is 3.47. The molecule has 2 aromatic rings. The van der Waals surface area contributed by atoms with Crippen molar-refractivity contribution in [3.05, 3.63) is 35.3 Å². The van der Waals surface area contributed by atoms with E-state index in [1.54, 1.807) is 32.1 Å². The maximum atomic E-state index is 13.4. The Morgan fingerprint density at radius 1 is 1.06 bits per heavy atom.